The molecule has 0 spiro atoms. The molecule has 2 aliphatic heterocycles. The molecule has 0 saturated carbocycles. The number of carbonyl (C=O) groups is 1. The molecular formula is C16H13F3N2O3. The van der Waals surface area contributed by atoms with Gasteiger partial charge in [0.15, 0.2) is 0 Å². The van der Waals surface area contributed by atoms with Crippen LogP contribution in [-0.2, 0) is 10.9 Å². The Morgan fingerprint density at radius 1 is 1.21 bits per heavy atom. The number of morpholine rings is 1. The first-order valence-corrected chi connectivity index (χ1v) is 7.49. The van der Waals surface area contributed by atoms with E-state index in [1.165, 1.54) is 12.1 Å². The largest absolute Gasteiger partial charge is 0.416 e. The van der Waals surface area contributed by atoms with Crippen LogP contribution in [0.3, 0.4) is 0 Å². The Bertz CT molecular complexity index is 876. The summed E-state index contributed by atoms with van der Waals surface area (Å²) in [5.74, 6) is -0.400. The summed E-state index contributed by atoms with van der Waals surface area (Å²) >= 11 is 0. The highest BCUT2D eigenvalue weighted by Gasteiger charge is 2.45. The summed E-state index contributed by atoms with van der Waals surface area (Å²) in [5, 5.41) is 0.382. The molecule has 4 rings (SSSR count). The highest BCUT2D eigenvalue weighted by molar-refractivity contribution is 5.98. The lowest BCUT2D eigenvalue weighted by Gasteiger charge is -2.52. The number of ether oxygens (including phenoxy) is 1. The van der Waals surface area contributed by atoms with E-state index < -0.39 is 23.2 Å². The van der Waals surface area contributed by atoms with Crippen molar-refractivity contribution in [2.45, 2.75) is 24.7 Å². The molecule has 2 saturated heterocycles. The predicted octanol–water partition coefficient (Wildman–Crippen LogP) is 2.16. The van der Waals surface area contributed by atoms with Crippen LogP contribution < -0.4 is 5.56 Å². The average molecular weight is 338 g/mol. The number of pyridine rings is 1. The lowest BCUT2D eigenvalue weighted by Crippen LogP contribution is -2.66. The smallest absolute Gasteiger partial charge is 0.377 e. The maximum atomic E-state index is 12.7. The first-order chi connectivity index (χ1) is 11.3. The molecule has 2 fully saturated rings. The van der Waals surface area contributed by atoms with Crippen molar-refractivity contribution >= 4 is 16.8 Å². The van der Waals surface area contributed by atoms with Crippen LogP contribution in [0.15, 0.2) is 29.1 Å². The average Bonchev–Trinajstić information content (AvgIpc) is 2.53. The Morgan fingerprint density at radius 2 is 1.92 bits per heavy atom. The number of fused-ring (bicyclic) bond motifs is 3. The van der Waals surface area contributed by atoms with Gasteiger partial charge in [0, 0.05) is 5.52 Å². The van der Waals surface area contributed by atoms with Gasteiger partial charge in [-0.1, -0.05) is 6.07 Å². The Hall–Kier alpha value is -2.35. The highest BCUT2D eigenvalue weighted by atomic mass is 19.4. The molecule has 126 valence electrons. The monoisotopic (exact) mass is 338 g/mol. The number of nitrogens with zero attached hydrogens (tertiary/aromatic N) is 1. The van der Waals surface area contributed by atoms with Crippen LogP contribution in [0.1, 0.15) is 22.3 Å². The van der Waals surface area contributed by atoms with Crippen LogP contribution in [0.25, 0.3) is 10.9 Å². The summed E-state index contributed by atoms with van der Waals surface area (Å²) in [5.41, 5.74) is -1.53. The first-order valence-electron chi connectivity index (χ1n) is 7.49. The predicted molar refractivity (Wildman–Crippen MR) is 78.8 cm³/mol. The van der Waals surface area contributed by atoms with E-state index in [9.17, 15) is 22.8 Å². The van der Waals surface area contributed by atoms with Crippen LogP contribution in [0.2, 0.25) is 0 Å². The van der Waals surface area contributed by atoms with Gasteiger partial charge in [-0.2, -0.15) is 13.2 Å². The van der Waals surface area contributed by atoms with E-state index in [4.69, 9.17) is 4.74 Å². The van der Waals surface area contributed by atoms with Gasteiger partial charge in [-0.15, -0.1) is 0 Å². The third kappa shape index (κ3) is 2.29. The zero-order chi connectivity index (χ0) is 17.1. The minimum absolute atomic E-state index is 0.0287. The number of halogens is 3. The third-order valence-electron chi connectivity index (χ3n) is 4.59. The van der Waals surface area contributed by atoms with E-state index in [1.54, 1.807) is 4.90 Å². The van der Waals surface area contributed by atoms with Crippen LogP contribution in [-0.4, -0.2) is 41.1 Å². The first kappa shape index (κ1) is 15.2. The number of amides is 1. The fourth-order valence-corrected chi connectivity index (χ4v) is 3.35. The van der Waals surface area contributed by atoms with Crippen LogP contribution in [0, 0.1) is 0 Å². The molecule has 24 heavy (non-hydrogen) atoms. The molecule has 2 atom stereocenters. The second-order valence-electron chi connectivity index (χ2n) is 6.11. The number of hydrogen-bond donors (Lipinski definition) is 1. The molecule has 3 heterocycles. The fourth-order valence-electron chi connectivity index (χ4n) is 3.35. The number of carbonyl (C=O) groups excluding carboxylic acids is 1. The molecule has 0 aliphatic carbocycles. The van der Waals surface area contributed by atoms with E-state index in [2.05, 4.69) is 4.98 Å². The van der Waals surface area contributed by atoms with E-state index >= 15 is 0 Å². The van der Waals surface area contributed by atoms with Crippen molar-refractivity contribution in [2.75, 3.05) is 13.2 Å². The van der Waals surface area contributed by atoms with Gasteiger partial charge in [0.25, 0.3) is 11.5 Å². The van der Waals surface area contributed by atoms with Crippen molar-refractivity contribution in [2.24, 2.45) is 0 Å². The number of hydrogen-bond acceptors (Lipinski definition) is 3. The Morgan fingerprint density at radius 3 is 2.54 bits per heavy atom. The lowest BCUT2D eigenvalue weighted by molar-refractivity contribution is -0.137. The number of nitrogens with one attached hydrogen (secondary N) is 1. The summed E-state index contributed by atoms with van der Waals surface area (Å²) in [4.78, 5) is 28.8. The summed E-state index contributed by atoms with van der Waals surface area (Å²) in [6.45, 7) is 0.894. The molecule has 0 radical (unpaired) electrons. The molecule has 2 aromatic rings. The summed E-state index contributed by atoms with van der Waals surface area (Å²) in [7, 11) is 0. The van der Waals surface area contributed by atoms with Crippen molar-refractivity contribution in [1.29, 1.82) is 0 Å². The SMILES string of the molecule is O=C(c1cc2ccc(C(F)(F)F)cc2[nH]c1=O)N1C2COCC1C2. The minimum Gasteiger partial charge on any atom is -0.377 e. The van der Waals surface area contributed by atoms with Crippen LogP contribution >= 0.6 is 0 Å². The Labute approximate surface area is 134 Å². The second-order valence-corrected chi connectivity index (χ2v) is 6.11. The molecule has 8 heteroatoms. The number of aromatic nitrogens is 1. The molecule has 2 unspecified atom stereocenters. The van der Waals surface area contributed by atoms with Gasteiger partial charge in [0.1, 0.15) is 5.56 Å². The molecule has 2 aliphatic rings. The van der Waals surface area contributed by atoms with Gasteiger partial charge in [-0.3, -0.25) is 9.59 Å². The molecule has 1 amide bonds. The van der Waals surface area contributed by atoms with E-state index in [1.807, 2.05) is 0 Å². The van der Waals surface area contributed by atoms with E-state index in [0.29, 0.717) is 18.6 Å². The molecular weight excluding hydrogens is 325 g/mol. The van der Waals surface area contributed by atoms with Gasteiger partial charge in [-0.05, 0) is 30.0 Å². The van der Waals surface area contributed by atoms with Gasteiger partial charge in [0.2, 0.25) is 0 Å². The van der Waals surface area contributed by atoms with Gasteiger partial charge in [0.05, 0.1) is 30.9 Å². The third-order valence-corrected chi connectivity index (χ3v) is 4.59. The standard InChI is InChI=1S/C16H13F3N2O3/c17-16(18,19)9-2-1-8-3-12(14(22)20-13(8)4-9)15(23)21-10-5-11(21)7-24-6-10/h1-4,10-11H,5-7H2,(H,20,22). The summed E-state index contributed by atoms with van der Waals surface area (Å²) in [6, 6.07) is 4.35. The highest BCUT2D eigenvalue weighted by Crippen LogP contribution is 2.33. The summed E-state index contributed by atoms with van der Waals surface area (Å²) < 4.78 is 43.6. The Balaban J connectivity index is 1.73. The van der Waals surface area contributed by atoms with Gasteiger partial charge < -0.3 is 14.6 Å². The topological polar surface area (TPSA) is 62.4 Å². The normalized spacial score (nSPS) is 23.2. The maximum absolute atomic E-state index is 12.7. The number of benzene rings is 1. The molecule has 1 aromatic carbocycles. The zero-order valence-electron chi connectivity index (χ0n) is 12.4. The quantitative estimate of drug-likeness (QED) is 0.867. The second kappa shape index (κ2) is 5.07. The van der Waals surface area contributed by atoms with Crippen molar-refractivity contribution < 1.29 is 22.7 Å². The van der Waals surface area contributed by atoms with Gasteiger partial charge >= 0.3 is 6.18 Å². The van der Waals surface area contributed by atoms with Crippen molar-refractivity contribution in [3.63, 3.8) is 0 Å². The number of alkyl halides is 3. The zero-order valence-corrected chi connectivity index (χ0v) is 12.4. The molecule has 1 aromatic heterocycles. The van der Waals surface area contributed by atoms with Crippen molar-refractivity contribution in [1.82, 2.24) is 9.88 Å². The van der Waals surface area contributed by atoms with Gasteiger partial charge in [-0.25, -0.2) is 0 Å². The maximum Gasteiger partial charge on any atom is 0.416 e. The Kier molecular flexibility index (Phi) is 3.21. The number of rotatable bonds is 1. The number of aromatic amines is 1. The molecule has 1 N–H and O–H groups in total. The van der Waals surface area contributed by atoms with E-state index in [0.717, 1.165) is 18.6 Å². The lowest BCUT2D eigenvalue weighted by atomic mass is 9.90. The molecule has 5 nitrogen and oxygen atoms in total. The van der Waals surface area contributed by atoms with Crippen LogP contribution in [0.5, 0.6) is 0 Å². The van der Waals surface area contributed by atoms with Crippen molar-refractivity contribution in [3.8, 4) is 0 Å². The fraction of sp³-hybridized carbons (Fsp3) is 0.375. The van der Waals surface area contributed by atoms with E-state index in [-0.39, 0.29) is 23.2 Å². The summed E-state index contributed by atoms with van der Waals surface area (Å²) in [6.07, 6.45) is -3.64. The molecule has 2 bridgehead atoms. The number of H-pyrrole nitrogens is 1. The van der Waals surface area contributed by atoms with Crippen molar-refractivity contribution in [3.05, 3.63) is 45.7 Å². The minimum atomic E-state index is -4.49. The van der Waals surface area contributed by atoms with Crippen LogP contribution in [0.4, 0.5) is 13.2 Å².